The number of allylic oxidation sites excluding steroid dienone is 3. The van der Waals surface area contributed by atoms with E-state index in [1.54, 1.807) is 14.1 Å². The van der Waals surface area contributed by atoms with Crippen LogP contribution in [0.3, 0.4) is 0 Å². The quantitative estimate of drug-likeness (QED) is 0.0852. The van der Waals surface area contributed by atoms with Crippen molar-refractivity contribution in [2.75, 3.05) is 14.1 Å². The number of epoxide rings is 1. The van der Waals surface area contributed by atoms with Crippen LogP contribution in [0.25, 0.3) is 0 Å². The van der Waals surface area contributed by atoms with E-state index in [4.69, 9.17) is 18.9 Å². The van der Waals surface area contributed by atoms with Crippen molar-refractivity contribution in [3.05, 3.63) is 36.0 Å². The van der Waals surface area contributed by atoms with E-state index in [0.717, 1.165) is 31.3 Å². The summed E-state index contributed by atoms with van der Waals surface area (Å²) in [4.78, 5) is 38.3. The van der Waals surface area contributed by atoms with Crippen molar-refractivity contribution in [2.45, 2.75) is 125 Å². The second kappa shape index (κ2) is 16.5. The van der Waals surface area contributed by atoms with E-state index in [1.807, 2.05) is 45.1 Å². The largest absolute Gasteiger partial charge is 0.462 e. The molecule has 43 heavy (non-hydrogen) atoms. The van der Waals surface area contributed by atoms with Crippen LogP contribution in [0.2, 0.25) is 0 Å². The van der Waals surface area contributed by atoms with Gasteiger partial charge in [0.1, 0.15) is 18.3 Å². The summed E-state index contributed by atoms with van der Waals surface area (Å²) in [6.07, 6.45) is 12.7. The number of carbonyl (C=O) groups excluding carboxylic acids is 3. The Morgan fingerprint density at radius 2 is 1.84 bits per heavy atom. The molecule has 1 fully saturated rings. The fraction of sp³-hybridized carbons (Fsp3) is 0.743. The number of hydrogen-bond donors (Lipinski definition) is 0. The maximum Gasteiger partial charge on any atom is 0.409 e. The number of cyclic esters (lactones) is 1. The Morgan fingerprint density at radius 1 is 1.16 bits per heavy atom. The molecule has 8 heteroatoms. The zero-order valence-electron chi connectivity index (χ0n) is 28.4. The number of esters is 2. The van der Waals surface area contributed by atoms with Gasteiger partial charge in [-0.15, -0.1) is 0 Å². The molecule has 0 aromatic carbocycles. The van der Waals surface area contributed by atoms with Gasteiger partial charge < -0.3 is 23.8 Å². The highest BCUT2D eigenvalue weighted by molar-refractivity contribution is 5.70. The third-order valence-electron chi connectivity index (χ3n) is 8.78. The minimum absolute atomic E-state index is 0.105. The van der Waals surface area contributed by atoms with Gasteiger partial charge in [0.05, 0.1) is 12.2 Å². The van der Waals surface area contributed by atoms with Crippen LogP contribution in [-0.2, 0) is 28.5 Å². The summed E-state index contributed by atoms with van der Waals surface area (Å²) in [6, 6.07) is 0. The molecule has 0 N–H and O–H groups in total. The fourth-order valence-electron chi connectivity index (χ4n) is 5.74. The third kappa shape index (κ3) is 11.8. The lowest BCUT2D eigenvalue weighted by Crippen LogP contribution is -2.37. The second-order valence-electron chi connectivity index (χ2n) is 13.8. The van der Waals surface area contributed by atoms with E-state index < -0.39 is 12.2 Å². The fourth-order valence-corrected chi connectivity index (χ4v) is 5.74. The molecule has 0 saturated carbocycles. The highest BCUT2D eigenvalue weighted by Crippen LogP contribution is 2.38. The Morgan fingerprint density at radius 3 is 2.44 bits per heavy atom. The molecular weight excluding hydrogens is 546 g/mol. The molecule has 8 nitrogen and oxygen atoms in total. The van der Waals surface area contributed by atoms with E-state index in [0.29, 0.717) is 6.42 Å². The highest BCUT2D eigenvalue weighted by Gasteiger charge is 2.46. The highest BCUT2D eigenvalue weighted by atomic mass is 16.6. The predicted octanol–water partition coefficient (Wildman–Crippen LogP) is 7.28. The standard InChI is InChI=1S/C35H57NO7/c1-12-28(40-27(7)37)26(6)33-29(41-33)20-22(2)14-13-15-24(4)32-25(5)16-17-30(42-34(39)36(10)11)35(8,9)19-18-23(3)21-31(38)43-32/h13-17,22-23,25-26,28-30,32-33H,12,18-21H2,1-11H3/b14-13+,17-16+,24-15+. The van der Waals surface area contributed by atoms with Gasteiger partial charge in [-0.2, -0.15) is 0 Å². The molecule has 0 radical (unpaired) electrons. The maximum absolute atomic E-state index is 12.9. The Balaban J connectivity index is 2.13. The molecule has 2 heterocycles. The molecule has 0 bridgehead atoms. The van der Waals surface area contributed by atoms with Gasteiger partial charge in [0, 0.05) is 44.7 Å². The Kier molecular flexibility index (Phi) is 14.0. The Labute approximate surface area is 260 Å². The molecule has 1 amide bonds. The van der Waals surface area contributed by atoms with Crippen molar-refractivity contribution < 1.29 is 33.3 Å². The third-order valence-corrected chi connectivity index (χ3v) is 8.78. The average Bonchev–Trinajstić information content (AvgIpc) is 3.68. The van der Waals surface area contributed by atoms with E-state index in [2.05, 4.69) is 40.7 Å². The summed E-state index contributed by atoms with van der Waals surface area (Å²) < 4.78 is 23.4. The lowest BCUT2D eigenvalue weighted by Gasteiger charge is -2.34. The Hall–Kier alpha value is -2.61. The molecule has 0 aromatic heterocycles. The van der Waals surface area contributed by atoms with E-state index >= 15 is 0 Å². The molecular formula is C35H57NO7. The van der Waals surface area contributed by atoms with Crippen LogP contribution >= 0.6 is 0 Å². The van der Waals surface area contributed by atoms with Gasteiger partial charge in [-0.25, -0.2) is 4.79 Å². The van der Waals surface area contributed by atoms with Gasteiger partial charge in [-0.05, 0) is 56.1 Å². The molecule has 2 aliphatic rings. The van der Waals surface area contributed by atoms with Crippen molar-refractivity contribution in [1.29, 1.82) is 0 Å². The minimum atomic E-state index is -0.437. The monoisotopic (exact) mass is 603 g/mol. The zero-order valence-corrected chi connectivity index (χ0v) is 28.4. The summed E-state index contributed by atoms with van der Waals surface area (Å²) in [5.41, 5.74) is 0.652. The van der Waals surface area contributed by atoms with Crippen LogP contribution in [0.5, 0.6) is 0 Å². The molecule has 2 rings (SSSR count). The first-order chi connectivity index (χ1) is 20.0. The van der Waals surface area contributed by atoms with Gasteiger partial charge in [0.2, 0.25) is 0 Å². The molecule has 9 unspecified atom stereocenters. The molecule has 244 valence electrons. The minimum Gasteiger partial charge on any atom is -0.462 e. The van der Waals surface area contributed by atoms with Crippen LogP contribution in [0.1, 0.15) is 94.4 Å². The van der Waals surface area contributed by atoms with Crippen LogP contribution in [0.4, 0.5) is 4.79 Å². The molecule has 1 saturated heterocycles. The van der Waals surface area contributed by atoms with Crippen LogP contribution < -0.4 is 0 Å². The van der Waals surface area contributed by atoms with Crippen molar-refractivity contribution >= 4 is 18.0 Å². The molecule has 2 aliphatic heterocycles. The molecule has 9 atom stereocenters. The summed E-state index contributed by atoms with van der Waals surface area (Å²) >= 11 is 0. The maximum atomic E-state index is 12.9. The SMILES string of the molecule is CCC(OC(C)=O)C(C)C1OC1CC(C)/C=C/C=C(\C)C1OC(=O)CC(C)CCC(C)(C)C(OC(=O)N(C)C)/C=C/C1C. The number of carbonyl (C=O) groups is 3. The number of rotatable bonds is 10. The van der Waals surface area contributed by atoms with Gasteiger partial charge in [-0.3, -0.25) is 9.59 Å². The van der Waals surface area contributed by atoms with Gasteiger partial charge in [0.25, 0.3) is 0 Å². The normalized spacial score (nSPS) is 31.0. The average molecular weight is 604 g/mol. The number of amides is 1. The first-order valence-corrected chi connectivity index (χ1v) is 16.0. The summed E-state index contributed by atoms with van der Waals surface area (Å²) in [7, 11) is 3.36. The Bertz CT molecular complexity index is 1030. The molecule has 0 aliphatic carbocycles. The van der Waals surface area contributed by atoms with Gasteiger partial charge in [-0.1, -0.05) is 72.8 Å². The van der Waals surface area contributed by atoms with Gasteiger partial charge in [0.15, 0.2) is 0 Å². The first kappa shape index (κ1) is 36.6. The zero-order chi connectivity index (χ0) is 32.5. The van der Waals surface area contributed by atoms with Crippen molar-refractivity contribution in [2.24, 2.45) is 29.1 Å². The van der Waals surface area contributed by atoms with Crippen molar-refractivity contribution in [1.82, 2.24) is 4.90 Å². The van der Waals surface area contributed by atoms with Crippen LogP contribution in [-0.4, -0.2) is 67.5 Å². The predicted molar refractivity (Wildman–Crippen MR) is 169 cm³/mol. The lowest BCUT2D eigenvalue weighted by atomic mass is 9.78. The summed E-state index contributed by atoms with van der Waals surface area (Å²) in [5, 5.41) is 0. The van der Waals surface area contributed by atoms with E-state index in [-0.39, 0.29) is 65.4 Å². The summed E-state index contributed by atoms with van der Waals surface area (Å²) in [6.45, 7) is 18.0. The van der Waals surface area contributed by atoms with Crippen molar-refractivity contribution in [3.63, 3.8) is 0 Å². The molecule has 0 spiro atoms. The lowest BCUT2D eigenvalue weighted by molar-refractivity contribution is -0.150. The topological polar surface area (TPSA) is 94.7 Å². The smallest absolute Gasteiger partial charge is 0.409 e. The summed E-state index contributed by atoms with van der Waals surface area (Å²) in [5.74, 6) is 0.0229. The number of ether oxygens (including phenoxy) is 4. The van der Waals surface area contributed by atoms with E-state index in [1.165, 1.54) is 11.8 Å². The van der Waals surface area contributed by atoms with Gasteiger partial charge >= 0.3 is 18.0 Å². The van der Waals surface area contributed by atoms with Crippen LogP contribution in [0, 0.1) is 29.1 Å². The number of nitrogens with zero attached hydrogens (tertiary/aromatic N) is 1. The van der Waals surface area contributed by atoms with Crippen molar-refractivity contribution in [3.8, 4) is 0 Å². The second-order valence-corrected chi connectivity index (χ2v) is 13.8. The first-order valence-electron chi connectivity index (χ1n) is 16.0. The number of hydrogen-bond acceptors (Lipinski definition) is 7. The van der Waals surface area contributed by atoms with Crippen LogP contribution in [0.15, 0.2) is 36.0 Å². The van der Waals surface area contributed by atoms with E-state index in [9.17, 15) is 14.4 Å². The molecule has 0 aromatic rings.